The van der Waals surface area contributed by atoms with E-state index in [2.05, 4.69) is 28.4 Å². The lowest BCUT2D eigenvalue weighted by atomic mass is 9.97. The van der Waals surface area contributed by atoms with Crippen molar-refractivity contribution in [2.24, 2.45) is 0 Å². The molecule has 1 amide bonds. The van der Waals surface area contributed by atoms with Crippen molar-refractivity contribution in [3.63, 3.8) is 0 Å². The summed E-state index contributed by atoms with van der Waals surface area (Å²) in [6.45, 7) is 7.54. The van der Waals surface area contributed by atoms with Gasteiger partial charge in [-0.1, -0.05) is 22.3 Å². The number of benzene rings is 1. The predicted molar refractivity (Wildman–Crippen MR) is 100 cm³/mol. The Balaban J connectivity index is 1.70. The fourth-order valence-corrected chi connectivity index (χ4v) is 3.54. The van der Waals surface area contributed by atoms with E-state index < -0.39 is 0 Å². The normalized spacial score (nSPS) is 18.8. The Labute approximate surface area is 155 Å². The van der Waals surface area contributed by atoms with Crippen molar-refractivity contribution in [2.75, 3.05) is 20.1 Å². The van der Waals surface area contributed by atoms with Crippen LogP contribution in [0.15, 0.2) is 22.7 Å². The van der Waals surface area contributed by atoms with Gasteiger partial charge in [0.1, 0.15) is 0 Å². The van der Waals surface area contributed by atoms with Crippen LogP contribution in [0.1, 0.15) is 58.9 Å². The standard InChI is InChI=1S/C20H28N4O2/c1-13-8-14(2)10-17(9-13)20(25)24-7-5-6-16(12-24)19-22-18(23-26-19)11-15(3)21-4/h8-10,15-16,21H,5-7,11-12H2,1-4H3. The van der Waals surface area contributed by atoms with E-state index in [0.29, 0.717) is 18.5 Å². The number of amides is 1. The lowest BCUT2D eigenvalue weighted by Gasteiger charge is -2.31. The summed E-state index contributed by atoms with van der Waals surface area (Å²) < 4.78 is 5.49. The highest BCUT2D eigenvalue weighted by molar-refractivity contribution is 5.94. The Morgan fingerprint density at radius 3 is 2.77 bits per heavy atom. The average Bonchev–Trinajstić information content (AvgIpc) is 3.08. The molecule has 1 aromatic heterocycles. The largest absolute Gasteiger partial charge is 0.339 e. The van der Waals surface area contributed by atoms with Gasteiger partial charge in [0, 0.05) is 31.1 Å². The molecule has 0 saturated carbocycles. The fraction of sp³-hybridized carbons (Fsp3) is 0.550. The van der Waals surface area contributed by atoms with Crippen LogP contribution in [0.5, 0.6) is 0 Å². The van der Waals surface area contributed by atoms with Crippen LogP contribution in [0.2, 0.25) is 0 Å². The van der Waals surface area contributed by atoms with Gasteiger partial charge in [-0.2, -0.15) is 4.98 Å². The van der Waals surface area contributed by atoms with E-state index in [1.165, 1.54) is 0 Å². The number of likely N-dealkylation sites (N-methyl/N-ethyl adjacent to an activating group) is 1. The number of aromatic nitrogens is 2. The molecule has 1 aliphatic heterocycles. The van der Waals surface area contributed by atoms with E-state index in [4.69, 9.17) is 4.52 Å². The number of hydrogen-bond acceptors (Lipinski definition) is 5. The van der Waals surface area contributed by atoms with Gasteiger partial charge in [-0.15, -0.1) is 0 Å². The Morgan fingerprint density at radius 2 is 2.08 bits per heavy atom. The second kappa shape index (κ2) is 7.99. The SMILES string of the molecule is CNC(C)Cc1noc(C2CCCN(C(=O)c3cc(C)cc(C)c3)C2)n1. The highest BCUT2D eigenvalue weighted by Crippen LogP contribution is 2.27. The number of likely N-dealkylation sites (tertiary alicyclic amines) is 1. The van der Waals surface area contributed by atoms with Crippen LogP contribution < -0.4 is 5.32 Å². The second-order valence-corrected chi connectivity index (χ2v) is 7.41. The molecule has 2 unspecified atom stereocenters. The number of nitrogens with one attached hydrogen (secondary N) is 1. The van der Waals surface area contributed by atoms with E-state index >= 15 is 0 Å². The molecule has 0 aliphatic carbocycles. The molecule has 140 valence electrons. The summed E-state index contributed by atoms with van der Waals surface area (Å²) >= 11 is 0. The molecule has 0 spiro atoms. The number of aryl methyl sites for hydroxylation is 2. The summed E-state index contributed by atoms with van der Waals surface area (Å²) in [6.07, 6.45) is 2.66. The van der Waals surface area contributed by atoms with Crippen molar-refractivity contribution in [3.05, 3.63) is 46.6 Å². The van der Waals surface area contributed by atoms with Crippen molar-refractivity contribution in [1.82, 2.24) is 20.4 Å². The number of nitrogens with zero attached hydrogens (tertiary/aromatic N) is 3. The average molecular weight is 356 g/mol. The van der Waals surface area contributed by atoms with Crippen LogP contribution in [-0.4, -0.2) is 47.1 Å². The maximum absolute atomic E-state index is 12.9. The van der Waals surface area contributed by atoms with E-state index in [-0.39, 0.29) is 11.8 Å². The van der Waals surface area contributed by atoms with Crippen LogP contribution in [0.3, 0.4) is 0 Å². The van der Waals surface area contributed by atoms with Gasteiger partial charge < -0.3 is 14.7 Å². The minimum absolute atomic E-state index is 0.0880. The first-order valence-electron chi connectivity index (χ1n) is 9.33. The number of hydrogen-bond donors (Lipinski definition) is 1. The van der Waals surface area contributed by atoms with Gasteiger partial charge in [0.15, 0.2) is 5.82 Å². The summed E-state index contributed by atoms with van der Waals surface area (Å²) in [5.41, 5.74) is 2.99. The molecule has 2 atom stereocenters. The summed E-state index contributed by atoms with van der Waals surface area (Å²) in [4.78, 5) is 19.4. The van der Waals surface area contributed by atoms with Gasteiger partial charge in [-0.25, -0.2) is 0 Å². The minimum atomic E-state index is 0.0880. The Kier molecular flexibility index (Phi) is 5.71. The molecule has 1 N–H and O–H groups in total. The van der Waals surface area contributed by atoms with Crippen LogP contribution in [-0.2, 0) is 6.42 Å². The molecule has 1 fully saturated rings. The van der Waals surface area contributed by atoms with Crippen LogP contribution in [0.4, 0.5) is 0 Å². The molecule has 0 bridgehead atoms. The van der Waals surface area contributed by atoms with Crippen molar-refractivity contribution in [2.45, 2.75) is 52.0 Å². The zero-order valence-corrected chi connectivity index (χ0v) is 16.1. The zero-order chi connectivity index (χ0) is 18.7. The van der Waals surface area contributed by atoms with Crippen molar-refractivity contribution in [1.29, 1.82) is 0 Å². The first kappa shape index (κ1) is 18.6. The van der Waals surface area contributed by atoms with Gasteiger partial charge in [-0.05, 0) is 52.8 Å². The van der Waals surface area contributed by atoms with E-state index in [9.17, 15) is 4.79 Å². The topological polar surface area (TPSA) is 71.3 Å². The molecule has 3 rings (SSSR count). The highest BCUT2D eigenvalue weighted by atomic mass is 16.5. The predicted octanol–water partition coefficient (Wildman–Crippen LogP) is 2.86. The molecule has 1 saturated heterocycles. The highest BCUT2D eigenvalue weighted by Gasteiger charge is 2.29. The third-order valence-electron chi connectivity index (χ3n) is 4.99. The van der Waals surface area contributed by atoms with Gasteiger partial charge in [0.25, 0.3) is 5.91 Å². The molecule has 26 heavy (non-hydrogen) atoms. The van der Waals surface area contributed by atoms with Crippen LogP contribution in [0.25, 0.3) is 0 Å². The van der Waals surface area contributed by atoms with Gasteiger partial charge >= 0.3 is 0 Å². The fourth-order valence-electron chi connectivity index (χ4n) is 3.54. The molecular formula is C20H28N4O2. The van der Waals surface area contributed by atoms with Crippen molar-refractivity contribution in [3.8, 4) is 0 Å². The number of rotatable bonds is 5. The molecule has 2 heterocycles. The maximum Gasteiger partial charge on any atom is 0.253 e. The second-order valence-electron chi connectivity index (χ2n) is 7.41. The summed E-state index contributed by atoms with van der Waals surface area (Å²) in [5, 5.41) is 7.28. The first-order valence-corrected chi connectivity index (χ1v) is 9.33. The lowest BCUT2D eigenvalue weighted by Crippen LogP contribution is -2.39. The first-order chi connectivity index (χ1) is 12.5. The van der Waals surface area contributed by atoms with Gasteiger partial charge in [0.2, 0.25) is 5.89 Å². The third-order valence-corrected chi connectivity index (χ3v) is 4.99. The molecule has 0 radical (unpaired) electrons. The minimum Gasteiger partial charge on any atom is -0.339 e. The lowest BCUT2D eigenvalue weighted by molar-refractivity contribution is 0.0695. The van der Waals surface area contributed by atoms with E-state index in [0.717, 1.165) is 48.3 Å². The Morgan fingerprint density at radius 1 is 1.35 bits per heavy atom. The third kappa shape index (κ3) is 4.30. The van der Waals surface area contributed by atoms with E-state index in [1.54, 1.807) is 0 Å². The van der Waals surface area contributed by atoms with Gasteiger partial charge in [0.05, 0.1) is 5.92 Å². The maximum atomic E-state index is 12.9. The Bertz CT molecular complexity index is 751. The molecule has 1 aliphatic rings. The van der Waals surface area contributed by atoms with Crippen LogP contribution in [0, 0.1) is 13.8 Å². The molecule has 1 aromatic carbocycles. The molecular weight excluding hydrogens is 328 g/mol. The summed E-state index contributed by atoms with van der Waals surface area (Å²) in [7, 11) is 1.92. The number of carbonyl (C=O) groups is 1. The molecule has 2 aromatic rings. The van der Waals surface area contributed by atoms with Crippen LogP contribution >= 0.6 is 0 Å². The zero-order valence-electron chi connectivity index (χ0n) is 16.1. The smallest absolute Gasteiger partial charge is 0.253 e. The van der Waals surface area contributed by atoms with Gasteiger partial charge in [-0.3, -0.25) is 4.79 Å². The quantitative estimate of drug-likeness (QED) is 0.892. The summed E-state index contributed by atoms with van der Waals surface area (Å²) in [6, 6.07) is 6.31. The Hall–Kier alpha value is -2.21. The number of carbonyl (C=O) groups excluding carboxylic acids is 1. The molecule has 6 heteroatoms. The van der Waals surface area contributed by atoms with E-state index in [1.807, 2.05) is 37.9 Å². The summed E-state index contributed by atoms with van der Waals surface area (Å²) in [5.74, 6) is 1.58. The number of piperidine rings is 1. The van der Waals surface area contributed by atoms with Crippen molar-refractivity contribution >= 4 is 5.91 Å². The monoisotopic (exact) mass is 356 g/mol. The molecule has 6 nitrogen and oxygen atoms in total. The van der Waals surface area contributed by atoms with Crippen molar-refractivity contribution < 1.29 is 9.32 Å².